The minimum atomic E-state index is -0.202. The van der Waals surface area contributed by atoms with Crippen LogP contribution in [0, 0.1) is 0 Å². The molecular formula is C14H24N4O2. The van der Waals surface area contributed by atoms with E-state index in [9.17, 15) is 4.79 Å². The topological polar surface area (TPSA) is 68.7 Å². The Morgan fingerprint density at radius 1 is 1.35 bits per heavy atom. The molecule has 0 unspecified atom stereocenters. The van der Waals surface area contributed by atoms with E-state index in [4.69, 9.17) is 5.11 Å². The van der Waals surface area contributed by atoms with Crippen LogP contribution in [0.15, 0.2) is 18.3 Å². The minimum absolute atomic E-state index is 0.0377. The lowest BCUT2D eigenvalue weighted by Crippen LogP contribution is -2.38. The van der Waals surface area contributed by atoms with Crippen LogP contribution in [0.4, 0.5) is 10.6 Å². The average Bonchev–Trinajstić information content (AvgIpc) is 2.47. The lowest BCUT2D eigenvalue weighted by Gasteiger charge is -2.20. The number of aliphatic hydroxyl groups is 1. The number of likely N-dealkylation sites (N-methyl/N-ethyl adjacent to an activating group) is 1. The van der Waals surface area contributed by atoms with Gasteiger partial charge in [-0.15, -0.1) is 0 Å². The van der Waals surface area contributed by atoms with Crippen LogP contribution in [0.25, 0.3) is 0 Å². The molecule has 0 fully saturated rings. The first-order valence-electron chi connectivity index (χ1n) is 6.92. The molecule has 0 atom stereocenters. The van der Waals surface area contributed by atoms with Gasteiger partial charge in [0.25, 0.3) is 0 Å². The number of pyridine rings is 1. The quantitative estimate of drug-likeness (QED) is 0.783. The van der Waals surface area contributed by atoms with Crippen LogP contribution in [0.1, 0.15) is 19.4 Å². The number of carbonyl (C=O) groups excluding carboxylic acids is 1. The van der Waals surface area contributed by atoms with E-state index in [1.54, 1.807) is 13.2 Å². The van der Waals surface area contributed by atoms with E-state index < -0.39 is 0 Å². The number of carbonyl (C=O) groups is 1. The SMILES string of the molecule is CCN(CC)c1ccc(CNC(=O)N(C)CCO)cn1. The first kappa shape index (κ1) is 16.2. The number of hydrogen-bond acceptors (Lipinski definition) is 4. The van der Waals surface area contributed by atoms with Crippen molar-refractivity contribution in [3.8, 4) is 0 Å². The summed E-state index contributed by atoms with van der Waals surface area (Å²) in [5.74, 6) is 0.947. The molecule has 1 rings (SSSR count). The summed E-state index contributed by atoms with van der Waals surface area (Å²) in [6.07, 6.45) is 1.78. The van der Waals surface area contributed by atoms with Crippen molar-refractivity contribution in [2.45, 2.75) is 20.4 Å². The Bertz CT molecular complexity index is 404. The second-order valence-electron chi connectivity index (χ2n) is 4.50. The van der Waals surface area contributed by atoms with E-state index in [-0.39, 0.29) is 12.6 Å². The van der Waals surface area contributed by atoms with Crippen molar-refractivity contribution in [2.75, 3.05) is 38.2 Å². The number of urea groups is 1. The van der Waals surface area contributed by atoms with E-state index >= 15 is 0 Å². The molecule has 1 aromatic heterocycles. The maximum Gasteiger partial charge on any atom is 0.317 e. The molecule has 2 amide bonds. The predicted molar refractivity (Wildman–Crippen MR) is 79.7 cm³/mol. The van der Waals surface area contributed by atoms with Gasteiger partial charge in [0.2, 0.25) is 0 Å². The van der Waals surface area contributed by atoms with Crippen molar-refractivity contribution in [1.29, 1.82) is 0 Å². The molecule has 112 valence electrons. The van der Waals surface area contributed by atoms with Gasteiger partial charge < -0.3 is 20.2 Å². The fourth-order valence-corrected chi connectivity index (χ4v) is 1.82. The number of anilines is 1. The molecule has 0 aliphatic heterocycles. The Labute approximate surface area is 120 Å². The lowest BCUT2D eigenvalue weighted by molar-refractivity contribution is 0.190. The van der Waals surface area contributed by atoms with Crippen molar-refractivity contribution < 1.29 is 9.90 Å². The third-order valence-electron chi connectivity index (χ3n) is 3.12. The second kappa shape index (κ2) is 8.37. The molecule has 0 aliphatic carbocycles. The summed E-state index contributed by atoms with van der Waals surface area (Å²) in [5.41, 5.74) is 0.951. The molecule has 1 heterocycles. The molecule has 2 N–H and O–H groups in total. The number of rotatable bonds is 7. The van der Waals surface area contributed by atoms with Gasteiger partial charge in [0.05, 0.1) is 6.61 Å². The van der Waals surface area contributed by atoms with Gasteiger partial charge in [0.1, 0.15) is 5.82 Å². The minimum Gasteiger partial charge on any atom is -0.395 e. The molecule has 6 nitrogen and oxygen atoms in total. The predicted octanol–water partition coefficient (Wildman–Crippen LogP) is 1.06. The van der Waals surface area contributed by atoms with E-state index in [2.05, 4.69) is 29.0 Å². The molecule has 0 saturated carbocycles. The molecule has 0 aromatic carbocycles. The maximum absolute atomic E-state index is 11.6. The number of amides is 2. The summed E-state index contributed by atoms with van der Waals surface area (Å²) in [6.45, 7) is 6.75. The number of aliphatic hydroxyl groups excluding tert-OH is 1. The molecule has 0 spiro atoms. The van der Waals surface area contributed by atoms with Crippen LogP contribution >= 0.6 is 0 Å². The zero-order valence-corrected chi connectivity index (χ0v) is 12.5. The van der Waals surface area contributed by atoms with Crippen LogP contribution in [-0.2, 0) is 6.54 Å². The lowest BCUT2D eigenvalue weighted by atomic mass is 10.2. The van der Waals surface area contributed by atoms with E-state index in [1.165, 1.54) is 4.90 Å². The zero-order valence-electron chi connectivity index (χ0n) is 12.5. The fraction of sp³-hybridized carbons (Fsp3) is 0.571. The van der Waals surface area contributed by atoms with Crippen LogP contribution < -0.4 is 10.2 Å². The highest BCUT2D eigenvalue weighted by Crippen LogP contribution is 2.10. The monoisotopic (exact) mass is 280 g/mol. The van der Waals surface area contributed by atoms with Crippen LogP contribution in [0.2, 0.25) is 0 Å². The standard InChI is InChI=1S/C14H24N4O2/c1-4-18(5-2)13-7-6-12(10-15-13)11-16-14(20)17(3)8-9-19/h6-7,10,19H,4-5,8-9,11H2,1-3H3,(H,16,20). The van der Waals surface area contributed by atoms with Crippen molar-refractivity contribution in [3.05, 3.63) is 23.9 Å². The van der Waals surface area contributed by atoms with E-state index in [0.29, 0.717) is 13.1 Å². The summed E-state index contributed by atoms with van der Waals surface area (Å²) >= 11 is 0. The Morgan fingerprint density at radius 2 is 2.05 bits per heavy atom. The fourth-order valence-electron chi connectivity index (χ4n) is 1.82. The molecule has 1 aromatic rings. The Hall–Kier alpha value is -1.82. The molecule has 0 radical (unpaired) electrons. The maximum atomic E-state index is 11.6. The Kier molecular flexibility index (Phi) is 6.79. The first-order chi connectivity index (χ1) is 9.62. The summed E-state index contributed by atoms with van der Waals surface area (Å²) in [6, 6.07) is 3.73. The summed E-state index contributed by atoms with van der Waals surface area (Å²) in [7, 11) is 1.65. The largest absolute Gasteiger partial charge is 0.395 e. The average molecular weight is 280 g/mol. The van der Waals surface area contributed by atoms with Gasteiger partial charge in [0.15, 0.2) is 0 Å². The molecule has 20 heavy (non-hydrogen) atoms. The van der Waals surface area contributed by atoms with Crippen molar-refractivity contribution >= 4 is 11.8 Å². The summed E-state index contributed by atoms with van der Waals surface area (Å²) in [4.78, 5) is 19.7. The highest BCUT2D eigenvalue weighted by Gasteiger charge is 2.07. The second-order valence-corrected chi connectivity index (χ2v) is 4.50. The van der Waals surface area contributed by atoms with Crippen molar-refractivity contribution in [3.63, 3.8) is 0 Å². The molecule has 0 aliphatic rings. The van der Waals surface area contributed by atoms with Gasteiger partial charge in [-0.05, 0) is 25.5 Å². The van der Waals surface area contributed by atoms with Crippen molar-refractivity contribution in [1.82, 2.24) is 15.2 Å². The van der Waals surface area contributed by atoms with Gasteiger partial charge >= 0.3 is 6.03 Å². The zero-order chi connectivity index (χ0) is 15.0. The highest BCUT2D eigenvalue weighted by atomic mass is 16.3. The molecule has 0 saturated heterocycles. The van der Waals surface area contributed by atoms with Crippen LogP contribution in [-0.4, -0.2) is 54.3 Å². The van der Waals surface area contributed by atoms with Crippen LogP contribution in [0.5, 0.6) is 0 Å². The van der Waals surface area contributed by atoms with Gasteiger partial charge in [-0.3, -0.25) is 0 Å². The number of aromatic nitrogens is 1. The first-order valence-corrected chi connectivity index (χ1v) is 6.92. The van der Waals surface area contributed by atoms with Gasteiger partial charge in [-0.1, -0.05) is 6.07 Å². The Morgan fingerprint density at radius 3 is 2.55 bits per heavy atom. The third kappa shape index (κ3) is 4.70. The number of nitrogens with one attached hydrogen (secondary N) is 1. The number of nitrogens with zero attached hydrogens (tertiary/aromatic N) is 3. The smallest absolute Gasteiger partial charge is 0.317 e. The van der Waals surface area contributed by atoms with Crippen LogP contribution in [0.3, 0.4) is 0 Å². The number of hydrogen-bond donors (Lipinski definition) is 2. The van der Waals surface area contributed by atoms with E-state index in [0.717, 1.165) is 24.5 Å². The molecule has 0 bridgehead atoms. The van der Waals surface area contributed by atoms with Gasteiger partial charge in [0, 0.05) is 39.4 Å². The normalized spacial score (nSPS) is 10.2. The third-order valence-corrected chi connectivity index (χ3v) is 3.12. The van der Waals surface area contributed by atoms with Crippen molar-refractivity contribution in [2.24, 2.45) is 0 Å². The van der Waals surface area contributed by atoms with Gasteiger partial charge in [-0.25, -0.2) is 9.78 Å². The molecule has 6 heteroatoms. The Balaban J connectivity index is 2.51. The van der Waals surface area contributed by atoms with E-state index in [1.807, 2.05) is 12.1 Å². The summed E-state index contributed by atoms with van der Waals surface area (Å²) < 4.78 is 0. The van der Waals surface area contributed by atoms with Gasteiger partial charge in [-0.2, -0.15) is 0 Å². The highest BCUT2D eigenvalue weighted by molar-refractivity contribution is 5.73. The molecular weight excluding hydrogens is 256 g/mol. The summed E-state index contributed by atoms with van der Waals surface area (Å²) in [5, 5.41) is 11.5.